The molecule has 0 aromatic heterocycles. The van der Waals surface area contributed by atoms with Gasteiger partial charge in [0.25, 0.3) is 5.91 Å². The Kier molecular flexibility index (Phi) is 4.10. The second-order valence-corrected chi connectivity index (χ2v) is 4.03. The van der Waals surface area contributed by atoms with Gasteiger partial charge in [0.2, 0.25) is 0 Å². The molecule has 0 aliphatic rings. The van der Waals surface area contributed by atoms with Crippen molar-refractivity contribution in [3.8, 4) is 0 Å². The van der Waals surface area contributed by atoms with Gasteiger partial charge in [0.15, 0.2) is 0 Å². The SMILES string of the molecule is NNc1ccc(C(=O)NCc2ccc(F)cc2)cc1. The molecule has 4 N–H and O–H groups in total. The van der Waals surface area contributed by atoms with Crippen LogP contribution in [0.3, 0.4) is 0 Å². The molecule has 1 amide bonds. The van der Waals surface area contributed by atoms with E-state index in [0.717, 1.165) is 11.3 Å². The molecule has 0 atom stereocenters. The quantitative estimate of drug-likeness (QED) is 0.581. The number of nitrogens with two attached hydrogens (primary N) is 1. The van der Waals surface area contributed by atoms with Gasteiger partial charge < -0.3 is 10.7 Å². The topological polar surface area (TPSA) is 67.1 Å². The maximum absolute atomic E-state index is 12.7. The van der Waals surface area contributed by atoms with Crippen LogP contribution in [0, 0.1) is 5.82 Å². The van der Waals surface area contributed by atoms with Crippen molar-refractivity contribution in [3.05, 3.63) is 65.5 Å². The van der Waals surface area contributed by atoms with Crippen molar-refractivity contribution >= 4 is 11.6 Å². The van der Waals surface area contributed by atoms with E-state index in [1.165, 1.54) is 12.1 Å². The van der Waals surface area contributed by atoms with Crippen molar-refractivity contribution in [3.63, 3.8) is 0 Å². The van der Waals surface area contributed by atoms with E-state index >= 15 is 0 Å². The highest BCUT2D eigenvalue weighted by atomic mass is 19.1. The first kappa shape index (κ1) is 13.0. The highest BCUT2D eigenvalue weighted by Crippen LogP contribution is 2.08. The van der Waals surface area contributed by atoms with Crippen molar-refractivity contribution in [2.45, 2.75) is 6.54 Å². The van der Waals surface area contributed by atoms with Crippen LogP contribution in [0.25, 0.3) is 0 Å². The van der Waals surface area contributed by atoms with Crippen LogP contribution in [-0.4, -0.2) is 5.91 Å². The number of hydrogen-bond acceptors (Lipinski definition) is 3. The van der Waals surface area contributed by atoms with Gasteiger partial charge in [-0.05, 0) is 42.0 Å². The van der Waals surface area contributed by atoms with Gasteiger partial charge in [-0.1, -0.05) is 12.1 Å². The highest BCUT2D eigenvalue weighted by Gasteiger charge is 2.04. The molecule has 0 bridgehead atoms. The van der Waals surface area contributed by atoms with Crippen molar-refractivity contribution < 1.29 is 9.18 Å². The lowest BCUT2D eigenvalue weighted by molar-refractivity contribution is 0.0951. The molecular weight excluding hydrogens is 245 g/mol. The van der Waals surface area contributed by atoms with E-state index < -0.39 is 0 Å². The summed E-state index contributed by atoms with van der Waals surface area (Å²) in [5.41, 5.74) is 4.61. The number of rotatable bonds is 4. The van der Waals surface area contributed by atoms with Crippen molar-refractivity contribution in [2.24, 2.45) is 5.84 Å². The van der Waals surface area contributed by atoms with E-state index in [-0.39, 0.29) is 11.7 Å². The molecular formula is C14H14FN3O. The van der Waals surface area contributed by atoms with E-state index in [0.29, 0.717) is 12.1 Å². The molecule has 0 saturated carbocycles. The molecule has 4 nitrogen and oxygen atoms in total. The van der Waals surface area contributed by atoms with Crippen LogP contribution in [0.15, 0.2) is 48.5 Å². The lowest BCUT2D eigenvalue weighted by Gasteiger charge is -2.06. The third-order valence-electron chi connectivity index (χ3n) is 2.68. The summed E-state index contributed by atoms with van der Waals surface area (Å²) >= 11 is 0. The van der Waals surface area contributed by atoms with Crippen molar-refractivity contribution in [1.82, 2.24) is 5.32 Å². The number of amides is 1. The standard InChI is InChI=1S/C14H14FN3O/c15-12-5-1-10(2-6-12)9-17-14(19)11-3-7-13(18-16)8-4-11/h1-8,18H,9,16H2,(H,17,19). The second kappa shape index (κ2) is 5.97. The Bertz CT molecular complexity index is 552. The van der Waals surface area contributed by atoms with Crippen LogP contribution in [0.2, 0.25) is 0 Å². The zero-order chi connectivity index (χ0) is 13.7. The van der Waals surface area contributed by atoms with Gasteiger partial charge in [0.1, 0.15) is 5.82 Å². The lowest BCUT2D eigenvalue weighted by atomic mass is 10.2. The zero-order valence-corrected chi connectivity index (χ0v) is 10.2. The molecule has 0 radical (unpaired) electrons. The summed E-state index contributed by atoms with van der Waals surface area (Å²) < 4.78 is 12.7. The fourth-order valence-electron chi connectivity index (χ4n) is 1.60. The molecule has 5 heteroatoms. The first-order chi connectivity index (χ1) is 9.19. The number of carbonyl (C=O) groups is 1. The fraction of sp³-hybridized carbons (Fsp3) is 0.0714. The molecule has 0 spiro atoms. The first-order valence-electron chi connectivity index (χ1n) is 5.78. The van der Waals surface area contributed by atoms with Crippen LogP contribution in [0.4, 0.5) is 10.1 Å². The van der Waals surface area contributed by atoms with Crippen LogP contribution < -0.4 is 16.6 Å². The van der Waals surface area contributed by atoms with Crippen LogP contribution in [0.1, 0.15) is 15.9 Å². The number of benzene rings is 2. The van der Waals surface area contributed by atoms with Gasteiger partial charge in [-0.2, -0.15) is 0 Å². The average Bonchev–Trinajstić information content (AvgIpc) is 2.46. The summed E-state index contributed by atoms with van der Waals surface area (Å²) in [6.45, 7) is 0.357. The fourth-order valence-corrected chi connectivity index (χ4v) is 1.60. The van der Waals surface area contributed by atoms with E-state index in [1.54, 1.807) is 36.4 Å². The van der Waals surface area contributed by atoms with E-state index in [9.17, 15) is 9.18 Å². The smallest absolute Gasteiger partial charge is 0.251 e. The van der Waals surface area contributed by atoms with Gasteiger partial charge in [0, 0.05) is 17.8 Å². The van der Waals surface area contributed by atoms with Gasteiger partial charge in [-0.25, -0.2) is 4.39 Å². The zero-order valence-electron chi connectivity index (χ0n) is 10.2. The van der Waals surface area contributed by atoms with E-state index in [2.05, 4.69) is 10.7 Å². The molecule has 19 heavy (non-hydrogen) atoms. The molecule has 0 aliphatic heterocycles. The van der Waals surface area contributed by atoms with Crippen LogP contribution in [0.5, 0.6) is 0 Å². The number of carbonyl (C=O) groups excluding carboxylic acids is 1. The van der Waals surface area contributed by atoms with Gasteiger partial charge >= 0.3 is 0 Å². The Labute approximate surface area is 110 Å². The summed E-state index contributed by atoms with van der Waals surface area (Å²) in [5, 5.41) is 2.76. The minimum absolute atomic E-state index is 0.187. The summed E-state index contributed by atoms with van der Waals surface area (Å²) in [4.78, 5) is 11.8. The second-order valence-electron chi connectivity index (χ2n) is 4.03. The first-order valence-corrected chi connectivity index (χ1v) is 5.78. The number of nitrogen functional groups attached to an aromatic ring is 1. The number of hydrogen-bond donors (Lipinski definition) is 3. The van der Waals surface area contributed by atoms with Gasteiger partial charge in [0.05, 0.1) is 0 Å². The highest BCUT2D eigenvalue weighted by molar-refractivity contribution is 5.94. The molecule has 0 heterocycles. The van der Waals surface area contributed by atoms with Gasteiger partial charge in [-0.3, -0.25) is 10.6 Å². The predicted molar refractivity (Wildman–Crippen MR) is 71.8 cm³/mol. The minimum Gasteiger partial charge on any atom is -0.348 e. The third-order valence-corrected chi connectivity index (χ3v) is 2.68. The Morgan fingerprint density at radius 1 is 1.05 bits per heavy atom. The Morgan fingerprint density at radius 3 is 2.26 bits per heavy atom. The Hall–Kier alpha value is -2.40. The van der Waals surface area contributed by atoms with Crippen LogP contribution >= 0.6 is 0 Å². The average molecular weight is 259 g/mol. The van der Waals surface area contributed by atoms with Crippen molar-refractivity contribution in [1.29, 1.82) is 0 Å². The lowest BCUT2D eigenvalue weighted by Crippen LogP contribution is -2.22. The molecule has 0 aliphatic carbocycles. The maximum atomic E-state index is 12.7. The monoisotopic (exact) mass is 259 g/mol. The summed E-state index contributed by atoms with van der Waals surface area (Å²) in [5.74, 6) is 4.76. The molecule has 2 aromatic rings. The summed E-state index contributed by atoms with van der Waals surface area (Å²) in [7, 11) is 0. The van der Waals surface area contributed by atoms with Crippen LogP contribution in [-0.2, 0) is 6.54 Å². The molecule has 2 aromatic carbocycles. The number of nitrogens with one attached hydrogen (secondary N) is 2. The molecule has 0 unspecified atom stereocenters. The Balaban J connectivity index is 1.95. The third kappa shape index (κ3) is 3.53. The van der Waals surface area contributed by atoms with E-state index in [4.69, 9.17) is 5.84 Å². The number of halogens is 1. The summed E-state index contributed by atoms with van der Waals surface area (Å²) in [6.07, 6.45) is 0. The summed E-state index contributed by atoms with van der Waals surface area (Å²) in [6, 6.07) is 12.8. The maximum Gasteiger partial charge on any atom is 0.251 e. The minimum atomic E-state index is -0.292. The number of hydrazine groups is 1. The predicted octanol–water partition coefficient (Wildman–Crippen LogP) is 2.04. The Morgan fingerprint density at radius 2 is 1.68 bits per heavy atom. The van der Waals surface area contributed by atoms with Crippen molar-refractivity contribution in [2.75, 3.05) is 5.43 Å². The molecule has 0 saturated heterocycles. The molecule has 0 fully saturated rings. The largest absolute Gasteiger partial charge is 0.348 e. The number of anilines is 1. The molecule has 2 rings (SSSR count). The van der Waals surface area contributed by atoms with Gasteiger partial charge in [-0.15, -0.1) is 0 Å². The normalized spacial score (nSPS) is 10.0. The van der Waals surface area contributed by atoms with E-state index in [1.807, 2.05) is 0 Å². The molecule has 98 valence electrons.